The molecule has 5 heteroatoms. The molecule has 0 aromatic heterocycles. The van der Waals surface area contributed by atoms with Gasteiger partial charge in [0.05, 0.1) is 7.11 Å². The summed E-state index contributed by atoms with van der Waals surface area (Å²) in [5.41, 5.74) is 4.12. The molecule has 0 N–H and O–H groups in total. The van der Waals surface area contributed by atoms with E-state index in [0.717, 1.165) is 37.2 Å². The van der Waals surface area contributed by atoms with E-state index in [-0.39, 0.29) is 11.6 Å². The molecule has 0 saturated carbocycles. The van der Waals surface area contributed by atoms with E-state index in [1.54, 1.807) is 25.3 Å². The zero-order valence-electron chi connectivity index (χ0n) is 20.7. The molecule has 1 saturated heterocycles. The van der Waals surface area contributed by atoms with Crippen LogP contribution in [0.5, 0.6) is 5.75 Å². The summed E-state index contributed by atoms with van der Waals surface area (Å²) in [6, 6.07) is 21.7. The van der Waals surface area contributed by atoms with Gasteiger partial charge in [0.15, 0.2) is 17.1 Å². The van der Waals surface area contributed by atoms with E-state index in [9.17, 15) is 9.59 Å². The molecule has 1 unspecified atom stereocenters. The summed E-state index contributed by atoms with van der Waals surface area (Å²) in [5.74, 6) is 0.312. The van der Waals surface area contributed by atoms with Gasteiger partial charge in [0, 0.05) is 43.9 Å². The van der Waals surface area contributed by atoms with Gasteiger partial charge in [-0.25, -0.2) is 0 Å². The molecule has 1 aliphatic carbocycles. The first-order chi connectivity index (χ1) is 17.0. The minimum Gasteiger partial charge on any atom is -0.497 e. The lowest BCUT2D eigenvalue weighted by Crippen LogP contribution is -2.60. The predicted octanol–water partition coefficient (Wildman–Crippen LogP) is 4.66. The number of benzene rings is 3. The third kappa shape index (κ3) is 3.89. The lowest BCUT2D eigenvalue weighted by atomic mass is 9.81. The predicted molar refractivity (Wildman–Crippen MR) is 137 cm³/mol. The minimum atomic E-state index is -1.33. The zero-order chi connectivity index (χ0) is 24.6. The number of nitrogens with zero attached hydrogens (tertiary/aromatic N) is 2. The van der Waals surface area contributed by atoms with Gasteiger partial charge in [-0.15, -0.1) is 0 Å². The van der Waals surface area contributed by atoms with Crippen molar-refractivity contribution in [1.29, 1.82) is 0 Å². The van der Waals surface area contributed by atoms with Crippen LogP contribution in [0, 0.1) is 6.92 Å². The summed E-state index contributed by atoms with van der Waals surface area (Å²) >= 11 is 0. The normalized spacial score (nSPS) is 20.8. The van der Waals surface area contributed by atoms with Gasteiger partial charge in [0.1, 0.15) is 5.75 Å². The third-order valence-corrected chi connectivity index (χ3v) is 7.55. The molecular weight excluding hydrogens is 436 g/mol. The molecule has 1 atom stereocenters. The Morgan fingerprint density at radius 1 is 0.829 bits per heavy atom. The summed E-state index contributed by atoms with van der Waals surface area (Å²) in [5, 5.41) is 0. The first-order valence-electron chi connectivity index (χ1n) is 12.4. The monoisotopic (exact) mass is 468 g/mol. The number of ether oxygens (including phenoxy) is 1. The Labute approximate surface area is 207 Å². The molecule has 0 spiro atoms. The maximum Gasteiger partial charge on any atom is 0.196 e. The van der Waals surface area contributed by atoms with E-state index in [4.69, 9.17) is 4.74 Å². The Morgan fingerprint density at radius 2 is 1.54 bits per heavy atom. The smallest absolute Gasteiger partial charge is 0.196 e. The molecule has 0 amide bonds. The van der Waals surface area contributed by atoms with Crippen LogP contribution in [-0.2, 0) is 18.5 Å². The van der Waals surface area contributed by atoms with Crippen LogP contribution in [0.15, 0.2) is 66.7 Å². The summed E-state index contributed by atoms with van der Waals surface area (Å²) in [4.78, 5) is 32.7. The second-order valence-electron chi connectivity index (χ2n) is 9.54. The number of piperazine rings is 1. The minimum absolute atomic E-state index is 0.129. The van der Waals surface area contributed by atoms with E-state index in [2.05, 4.69) is 41.0 Å². The van der Waals surface area contributed by atoms with Crippen molar-refractivity contribution in [3.05, 3.63) is 100 Å². The van der Waals surface area contributed by atoms with E-state index in [1.165, 1.54) is 11.1 Å². The highest BCUT2D eigenvalue weighted by Gasteiger charge is 2.58. The van der Waals surface area contributed by atoms with E-state index in [1.807, 2.05) is 31.2 Å². The van der Waals surface area contributed by atoms with Crippen LogP contribution in [0.1, 0.15) is 49.9 Å². The number of aryl methyl sites for hydroxylation is 2. The summed E-state index contributed by atoms with van der Waals surface area (Å²) < 4.78 is 5.37. The van der Waals surface area contributed by atoms with E-state index in [0.29, 0.717) is 30.0 Å². The van der Waals surface area contributed by atoms with E-state index < -0.39 is 5.54 Å². The lowest BCUT2D eigenvalue weighted by Gasteiger charge is -2.44. The Kier molecular flexibility index (Phi) is 6.30. The van der Waals surface area contributed by atoms with Gasteiger partial charge >= 0.3 is 0 Å². The van der Waals surface area contributed by atoms with Crippen LogP contribution in [0.4, 0.5) is 0 Å². The number of Topliss-reactive ketones (excluding diaryl/α,β-unsaturated/α-hetero) is 2. The fourth-order valence-corrected chi connectivity index (χ4v) is 5.67. The van der Waals surface area contributed by atoms with Crippen LogP contribution >= 0.6 is 0 Å². The third-order valence-electron chi connectivity index (χ3n) is 7.55. The van der Waals surface area contributed by atoms with Crippen molar-refractivity contribution >= 4 is 11.6 Å². The van der Waals surface area contributed by atoms with Crippen molar-refractivity contribution in [2.24, 2.45) is 0 Å². The molecule has 0 bridgehead atoms. The second kappa shape index (κ2) is 9.40. The molecule has 3 aromatic rings. The largest absolute Gasteiger partial charge is 0.497 e. The van der Waals surface area contributed by atoms with Crippen molar-refractivity contribution in [2.75, 3.05) is 33.3 Å². The average Bonchev–Trinajstić information content (AvgIpc) is 3.11. The SMILES string of the molecule is CCc1ccccc1CN1CCN(C2(c3cccc(C)c3)C(=O)c3ccc(OC)cc3C2=O)CC1. The number of hydrogen-bond donors (Lipinski definition) is 0. The van der Waals surface area contributed by atoms with Crippen LogP contribution in [0.3, 0.4) is 0 Å². The Bertz CT molecular complexity index is 1280. The highest BCUT2D eigenvalue weighted by atomic mass is 16.5. The zero-order valence-corrected chi connectivity index (χ0v) is 20.7. The first-order valence-corrected chi connectivity index (χ1v) is 12.4. The molecule has 1 heterocycles. The second-order valence-corrected chi connectivity index (χ2v) is 9.54. The number of methoxy groups -OCH3 is 1. The fourth-order valence-electron chi connectivity index (χ4n) is 5.67. The fraction of sp³-hybridized carbons (Fsp3) is 0.333. The lowest BCUT2D eigenvalue weighted by molar-refractivity contribution is 0.0279. The molecule has 35 heavy (non-hydrogen) atoms. The van der Waals surface area contributed by atoms with Gasteiger partial charge in [-0.2, -0.15) is 0 Å². The maximum atomic E-state index is 14.1. The van der Waals surface area contributed by atoms with Crippen molar-refractivity contribution < 1.29 is 14.3 Å². The molecule has 3 aromatic carbocycles. The highest BCUT2D eigenvalue weighted by molar-refractivity contribution is 6.33. The number of rotatable bonds is 6. The Morgan fingerprint density at radius 3 is 2.23 bits per heavy atom. The Balaban J connectivity index is 1.48. The summed E-state index contributed by atoms with van der Waals surface area (Å²) in [6.07, 6.45) is 1.01. The quantitative estimate of drug-likeness (QED) is 0.493. The van der Waals surface area contributed by atoms with Gasteiger partial charge in [-0.1, -0.05) is 61.0 Å². The molecule has 180 valence electrons. The number of fused-ring (bicyclic) bond motifs is 1. The van der Waals surface area contributed by atoms with Crippen LogP contribution in [0.25, 0.3) is 0 Å². The van der Waals surface area contributed by atoms with Crippen LogP contribution in [-0.4, -0.2) is 54.7 Å². The topological polar surface area (TPSA) is 49.9 Å². The molecular formula is C30H32N2O3. The molecule has 5 rings (SSSR count). The van der Waals surface area contributed by atoms with Crippen molar-refractivity contribution in [3.63, 3.8) is 0 Å². The molecule has 1 aliphatic heterocycles. The maximum absolute atomic E-state index is 14.1. The van der Waals surface area contributed by atoms with Gasteiger partial charge < -0.3 is 4.74 Å². The van der Waals surface area contributed by atoms with Crippen molar-refractivity contribution in [1.82, 2.24) is 9.80 Å². The number of carbonyl (C=O) groups is 2. The molecule has 1 fully saturated rings. The highest BCUT2D eigenvalue weighted by Crippen LogP contribution is 2.44. The number of carbonyl (C=O) groups excluding carboxylic acids is 2. The van der Waals surface area contributed by atoms with E-state index >= 15 is 0 Å². The number of ketones is 2. The van der Waals surface area contributed by atoms with Gasteiger partial charge in [0.25, 0.3) is 0 Å². The molecule has 5 nitrogen and oxygen atoms in total. The van der Waals surface area contributed by atoms with Crippen LogP contribution < -0.4 is 4.74 Å². The van der Waals surface area contributed by atoms with Gasteiger partial charge in [0.2, 0.25) is 0 Å². The van der Waals surface area contributed by atoms with Crippen LogP contribution in [0.2, 0.25) is 0 Å². The Hall–Kier alpha value is -3.28. The molecule has 2 aliphatic rings. The molecule has 0 radical (unpaired) electrons. The van der Waals surface area contributed by atoms with Gasteiger partial charge in [-0.05, 0) is 48.2 Å². The van der Waals surface area contributed by atoms with Crippen molar-refractivity contribution in [2.45, 2.75) is 32.4 Å². The standard InChI is InChI=1S/C30H32N2O3/c1-4-22-9-5-6-10-23(22)20-31-14-16-32(17-15-31)30(24-11-7-8-21(2)18-24)28(33)26-13-12-25(35-3)19-27(26)29(30)34/h5-13,18-19H,4,14-17,20H2,1-3H3. The van der Waals surface area contributed by atoms with Crippen molar-refractivity contribution in [3.8, 4) is 5.75 Å². The summed E-state index contributed by atoms with van der Waals surface area (Å²) in [7, 11) is 1.58. The summed E-state index contributed by atoms with van der Waals surface area (Å²) in [6.45, 7) is 7.95. The van der Waals surface area contributed by atoms with Gasteiger partial charge in [-0.3, -0.25) is 19.4 Å². The average molecular weight is 469 g/mol. The number of hydrogen-bond acceptors (Lipinski definition) is 5. The first kappa shape index (κ1) is 23.5.